The largest absolute Gasteiger partial charge is 0.507 e. The zero-order valence-electron chi connectivity index (χ0n) is 16.9. The molecule has 6 nitrogen and oxygen atoms in total. The fourth-order valence-electron chi connectivity index (χ4n) is 3.51. The van der Waals surface area contributed by atoms with Crippen molar-refractivity contribution in [1.82, 2.24) is 4.90 Å². The first-order valence-electron chi connectivity index (χ1n) is 9.74. The Balaban J connectivity index is 2.07. The zero-order chi connectivity index (χ0) is 21.7. The van der Waals surface area contributed by atoms with Gasteiger partial charge in [-0.3, -0.25) is 9.59 Å². The highest BCUT2D eigenvalue weighted by Gasteiger charge is 2.45. The second-order valence-electron chi connectivity index (χ2n) is 6.83. The smallest absolute Gasteiger partial charge is 0.295 e. The van der Waals surface area contributed by atoms with E-state index in [1.54, 1.807) is 48.5 Å². The third kappa shape index (κ3) is 4.50. The molecule has 1 unspecified atom stereocenters. The van der Waals surface area contributed by atoms with Crippen LogP contribution in [0.5, 0.6) is 5.75 Å². The van der Waals surface area contributed by atoms with E-state index in [0.29, 0.717) is 48.1 Å². The molecule has 1 aliphatic rings. The van der Waals surface area contributed by atoms with Gasteiger partial charge >= 0.3 is 0 Å². The normalized spacial score (nSPS) is 18.1. The molecule has 0 bridgehead atoms. The minimum absolute atomic E-state index is 0.0481. The van der Waals surface area contributed by atoms with Gasteiger partial charge in [-0.05, 0) is 43.2 Å². The van der Waals surface area contributed by atoms with Crippen molar-refractivity contribution in [3.8, 4) is 5.75 Å². The summed E-state index contributed by atoms with van der Waals surface area (Å²) in [5.41, 5.74) is 1.15. The molecule has 0 aromatic heterocycles. The van der Waals surface area contributed by atoms with Crippen molar-refractivity contribution in [3.05, 3.63) is 70.3 Å². The van der Waals surface area contributed by atoms with E-state index >= 15 is 0 Å². The van der Waals surface area contributed by atoms with Gasteiger partial charge in [0.05, 0.1) is 18.7 Å². The highest BCUT2D eigenvalue weighted by Crippen LogP contribution is 2.40. The number of amides is 1. The van der Waals surface area contributed by atoms with Crippen LogP contribution in [-0.2, 0) is 14.3 Å². The van der Waals surface area contributed by atoms with Crippen LogP contribution < -0.4 is 4.74 Å². The van der Waals surface area contributed by atoms with Crippen LogP contribution in [0.4, 0.5) is 0 Å². The van der Waals surface area contributed by atoms with Gasteiger partial charge in [-0.2, -0.15) is 0 Å². The summed E-state index contributed by atoms with van der Waals surface area (Å²) >= 11 is 6.02. The number of carbonyl (C=O) groups excluding carboxylic acids is 2. The standard InChI is InChI=1S/C23H24ClNO5/c1-3-30-13-5-12-25-20(15-8-10-17(24)11-9-15)19(22(27)23(25)28)21(26)16-6-4-7-18(14-16)29-2/h4,6-11,14,20,26H,3,5,12-13H2,1-2H3. The number of halogens is 1. The maximum absolute atomic E-state index is 12.9. The van der Waals surface area contributed by atoms with Gasteiger partial charge in [0.1, 0.15) is 11.5 Å². The molecule has 0 spiro atoms. The van der Waals surface area contributed by atoms with E-state index < -0.39 is 17.7 Å². The molecule has 2 aromatic carbocycles. The third-order valence-electron chi connectivity index (χ3n) is 4.96. The molecule has 158 valence electrons. The van der Waals surface area contributed by atoms with Crippen LogP contribution in [-0.4, -0.2) is 48.6 Å². The number of nitrogens with zero attached hydrogens (tertiary/aromatic N) is 1. The lowest BCUT2D eigenvalue weighted by Gasteiger charge is -2.25. The molecule has 2 aromatic rings. The number of benzene rings is 2. The molecule has 1 heterocycles. The Hall–Kier alpha value is -2.83. The van der Waals surface area contributed by atoms with Gasteiger partial charge < -0.3 is 19.5 Å². The molecule has 1 atom stereocenters. The molecule has 7 heteroatoms. The molecule has 3 rings (SSSR count). The van der Waals surface area contributed by atoms with Gasteiger partial charge in [-0.25, -0.2) is 0 Å². The van der Waals surface area contributed by atoms with Gasteiger partial charge in [0.25, 0.3) is 11.7 Å². The molecule has 1 fully saturated rings. The van der Waals surface area contributed by atoms with Crippen LogP contribution in [0.1, 0.15) is 30.5 Å². The lowest BCUT2D eigenvalue weighted by Crippen LogP contribution is -2.31. The molecule has 1 amide bonds. The maximum atomic E-state index is 12.9. The summed E-state index contributed by atoms with van der Waals surface area (Å²) in [6.07, 6.45) is 0.574. The minimum Gasteiger partial charge on any atom is -0.507 e. The number of carbonyl (C=O) groups is 2. The number of aliphatic hydroxyl groups excluding tert-OH is 1. The van der Waals surface area contributed by atoms with Crippen molar-refractivity contribution in [2.45, 2.75) is 19.4 Å². The van der Waals surface area contributed by atoms with Crippen LogP contribution in [0, 0.1) is 0 Å². The number of ether oxygens (including phenoxy) is 2. The van der Waals surface area contributed by atoms with Crippen LogP contribution in [0.2, 0.25) is 5.02 Å². The van der Waals surface area contributed by atoms with Crippen LogP contribution >= 0.6 is 11.6 Å². The quantitative estimate of drug-likeness (QED) is 0.294. The topological polar surface area (TPSA) is 76.1 Å². The number of rotatable bonds is 8. The lowest BCUT2D eigenvalue weighted by atomic mass is 9.95. The SMILES string of the molecule is CCOCCCN1C(=O)C(=O)C(=C(O)c2cccc(OC)c2)C1c1ccc(Cl)cc1. The van der Waals surface area contributed by atoms with Crippen molar-refractivity contribution < 1.29 is 24.2 Å². The zero-order valence-corrected chi connectivity index (χ0v) is 17.7. The predicted octanol–water partition coefficient (Wildman–Crippen LogP) is 4.20. The molecule has 0 aliphatic carbocycles. The van der Waals surface area contributed by atoms with Crippen LogP contribution in [0.25, 0.3) is 5.76 Å². The van der Waals surface area contributed by atoms with E-state index in [-0.39, 0.29) is 11.3 Å². The molecule has 1 N–H and O–H groups in total. The molecular weight excluding hydrogens is 406 g/mol. The number of hydrogen-bond acceptors (Lipinski definition) is 5. The molecule has 1 saturated heterocycles. The third-order valence-corrected chi connectivity index (χ3v) is 5.21. The van der Waals surface area contributed by atoms with Crippen molar-refractivity contribution in [2.75, 3.05) is 26.9 Å². The highest BCUT2D eigenvalue weighted by atomic mass is 35.5. The first-order valence-corrected chi connectivity index (χ1v) is 10.1. The number of Topliss-reactive ketones (excluding diaryl/α,β-unsaturated/α-hetero) is 1. The molecular formula is C23H24ClNO5. The highest BCUT2D eigenvalue weighted by molar-refractivity contribution is 6.46. The molecule has 0 saturated carbocycles. The molecule has 1 aliphatic heterocycles. The lowest BCUT2D eigenvalue weighted by molar-refractivity contribution is -0.140. The van der Waals surface area contributed by atoms with Crippen molar-refractivity contribution in [2.24, 2.45) is 0 Å². The van der Waals surface area contributed by atoms with E-state index in [0.717, 1.165) is 0 Å². The Morgan fingerprint density at radius 2 is 1.90 bits per heavy atom. The summed E-state index contributed by atoms with van der Waals surface area (Å²) in [6.45, 7) is 3.28. The number of aliphatic hydroxyl groups is 1. The fraction of sp³-hybridized carbons (Fsp3) is 0.304. The van der Waals surface area contributed by atoms with E-state index in [1.807, 2.05) is 6.92 Å². The molecule has 0 radical (unpaired) electrons. The van der Waals surface area contributed by atoms with Gasteiger partial charge in [0, 0.05) is 30.3 Å². The average molecular weight is 430 g/mol. The summed E-state index contributed by atoms with van der Waals surface area (Å²) in [6, 6.07) is 12.9. The Morgan fingerprint density at radius 1 is 1.17 bits per heavy atom. The van der Waals surface area contributed by atoms with Crippen LogP contribution in [0.3, 0.4) is 0 Å². The second kappa shape index (κ2) is 9.78. The van der Waals surface area contributed by atoms with Crippen molar-refractivity contribution in [3.63, 3.8) is 0 Å². The van der Waals surface area contributed by atoms with Gasteiger partial charge in [0.2, 0.25) is 0 Å². The Morgan fingerprint density at radius 3 is 2.57 bits per heavy atom. The van der Waals surface area contributed by atoms with Crippen molar-refractivity contribution in [1.29, 1.82) is 0 Å². The summed E-state index contributed by atoms with van der Waals surface area (Å²) in [4.78, 5) is 27.2. The van der Waals surface area contributed by atoms with E-state index in [1.165, 1.54) is 12.0 Å². The number of ketones is 1. The number of hydrogen-bond donors (Lipinski definition) is 1. The summed E-state index contributed by atoms with van der Waals surface area (Å²) in [7, 11) is 1.52. The first kappa shape index (κ1) is 21.9. The molecule has 30 heavy (non-hydrogen) atoms. The first-order chi connectivity index (χ1) is 14.5. The van der Waals surface area contributed by atoms with Crippen LogP contribution in [0.15, 0.2) is 54.1 Å². The summed E-state index contributed by atoms with van der Waals surface area (Å²) in [5.74, 6) is -1.06. The Labute approximate surface area is 180 Å². The van der Waals surface area contributed by atoms with E-state index in [4.69, 9.17) is 21.1 Å². The van der Waals surface area contributed by atoms with E-state index in [9.17, 15) is 14.7 Å². The van der Waals surface area contributed by atoms with Gasteiger partial charge in [-0.15, -0.1) is 0 Å². The number of methoxy groups -OCH3 is 1. The predicted molar refractivity (Wildman–Crippen MR) is 115 cm³/mol. The Bertz CT molecular complexity index is 954. The summed E-state index contributed by atoms with van der Waals surface area (Å²) in [5, 5.41) is 11.6. The second-order valence-corrected chi connectivity index (χ2v) is 7.26. The Kier molecular flexibility index (Phi) is 7.13. The average Bonchev–Trinajstić information content (AvgIpc) is 3.01. The minimum atomic E-state index is -0.716. The van der Waals surface area contributed by atoms with Crippen molar-refractivity contribution >= 4 is 29.1 Å². The van der Waals surface area contributed by atoms with E-state index in [2.05, 4.69) is 0 Å². The van der Waals surface area contributed by atoms with Gasteiger partial charge in [-0.1, -0.05) is 35.9 Å². The number of likely N-dealkylation sites (tertiary alicyclic amines) is 1. The maximum Gasteiger partial charge on any atom is 0.295 e. The monoisotopic (exact) mass is 429 g/mol. The summed E-state index contributed by atoms with van der Waals surface area (Å²) < 4.78 is 10.6. The van der Waals surface area contributed by atoms with Gasteiger partial charge in [0.15, 0.2) is 0 Å². The fourth-order valence-corrected chi connectivity index (χ4v) is 3.64.